The van der Waals surface area contributed by atoms with Gasteiger partial charge in [-0.3, -0.25) is 4.99 Å². The van der Waals surface area contributed by atoms with Gasteiger partial charge in [-0.05, 0) is 19.1 Å². The summed E-state index contributed by atoms with van der Waals surface area (Å²) in [6.45, 7) is 1.91. The van der Waals surface area contributed by atoms with Gasteiger partial charge in [0.1, 0.15) is 5.55 Å². The summed E-state index contributed by atoms with van der Waals surface area (Å²) in [6, 6.07) is 6.67. The number of hydrogen-bond donors (Lipinski definition) is 0. The molecule has 0 saturated heterocycles. The van der Waals surface area contributed by atoms with Crippen LogP contribution in [0.3, 0.4) is 0 Å². The zero-order chi connectivity index (χ0) is 9.90. The molecule has 13 heavy (non-hydrogen) atoms. The monoisotopic (exact) mass is 197 g/mol. The van der Waals surface area contributed by atoms with Crippen LogP contribution in [0.4, 0.5) is 0 Å². The summed E-state index contributed by atoms with van der Waals surface area (Å²) in [5.74, 6) is 0. The lowest BCUT2D eigenvalue weighted by atomic mass is 10.2. The Labute approximate surface area is 78.0 Å². The zero-order valence-corrected chi connectivity index (χ0v) is 8.38. The lowest BCUT2D eigenvalue weighted by Gasteiger charge is -1.97. The Bertz CT molecular complexity index is 404. The first kappa shape index (κ1) is 9.92. The lowest BCUT2D eigenvalue weighted by Crippen LogP contribution is -2.01. The fourth-order valence-corrected chi connectivity index (χ4v) is 1.84. The second kappa shape index (κ2) is 3.70. The highest BCUT2D eigenvalue weighted by Gasteiger charge is 2.09. The second-order valence-electron chi connectivity index (χ2n) is 2.72. The number of rotatable bonds is 2. The smallest absolute Gasteiger partial charge is 0.216 e. The van der Waals surface area contributed by atoms with E-state index in [0.29, 0.717) is 0 Å². The summed E-state index contributed by atoms with van der Waals surface area (Å²) in [5.41, 5.74) is 1.99. The first-order valence-electron chi connectivity index (χ1n) is 3.80. The quantitative estimate of drug-likeness (QED) is 0.532. The van der Waals surface area contributed by atoms with Crippen molar-refractivity contribution in [2.45, 2.75) is 11.8 Å². The predicted molar refractivity (Wildman–Crippen MR) is 52.8 cm³/mol. The molecule has 70 valence electrons. The molecule has 0 spiro atoms. The number of aliphatic imine (C=N–C) groups is 1. The molecule has 0 bridgehead atoms. The normalized spacial score (nSPS) is 12.2. The Hall–Kier alpha value is -1.16. The molecular weight excluding hydrogens is 186 g/mol. The van der Waals surface area contributed by atoms with Crippen molar-refractivity contribution in [3.63, 3.8) is 0 Å². The summed E-state index contributed by atoms with van der Waals surface area (Å²) in [5, 5.41) is 0. The van der Waals surface area contributed by atoms with Gasteiger partial charge in [0.2, 0.25) is 9.84 Å². The van der Waals surface area contributed by atoms with Crippen LogP contribution in [0.15, 0.2) is 34.2 Å². The van der Waals surface area contributed by atoms with E-state index in [4.69, 9.17) is 0 Å². The average molecular weight is 197 g/mol. The Morgan fingerprint density at radius 2 is 1.77 bits per heavy atom. The number of hydrogen-bond acceptors (Lipinski definition) is 3. The standard InChI is InChI=1S/C9H11NO2S/c1-8-3-5-9(6-4-8)13(11,12)7-10-2/h3-7H,1-2H3. The Morgan fingerprint density at radius 3 is 2.23 bits per heavy atom. The molecule has 0 fully saturated rings. The van der Waals surface area contributed by atoms with E-state index in [1.807, 2.05) is 6.92 Å². The Morgan fingerprint density at radius 1 is 1.23 bits per heavy atom. The van der Waals surface area contributed by atoms with Crippen LogP contribution in [0, 0.1) is 6.92 Å². The van der Waals surface area contributed by atoms with E-state index in [2.05, 4.69) is 4.99 Å². The van der Waals surface area contributed by atoms with E-state index < -0.39 is 9.84 Å². The van der Waals surface area contributed by atoms with E-state index in [1.165, 1.54) is 7.05 Å². The van der Waals surface area contributed by atoms with Gasteiger partial charge in [-0.25, -0.2) is 8.42 Å². The first-order chi connectivity index (χ1) is 6.06. The van der Waals surface area contributed by atoms with Crippen molar-refractivity contribution < 1.29 is 8.42 Å². The molecule has 0 saturated carbocycles. The topological polar surface area (TPSA) is 46.5 Å². The maximum atomic E-state index is 11.4. The van der Waals surface area contributed by atoms with E-state index in [-0.39, 0.29) is 4.90 Å². The van der Waals surface area contributed by atoms with Crippen LogP contribution < -0.4 is 0 Å². The van der Waals surface area contributed by atoms with E-state index in [9.17, 15) is 8.42 Å². The molecule has 0 radical (unpaired) electrons. The molecule has 0 unspecified atom stereocenters. The van der Waals surface area contributed by atoms with Gasteiger partial charge in [0.25, 0.3) is 0 Å². The third-order valence-electron chi connectivity index (χ3n) is 1.59. The van der Waals surface area contributed by atoms with Crippen molar-refractivity contribution >= 4 is 15.4 Å². The molecule has 0 heterocycles. The molecule has 1 rings (SSSR count). The fraction of sp³-hybridized carbons (Fsp3) is 0.222. The molecule has 0 atom stereocenters. The van der Waals surface area contributed by atoms with Gasteiger partial charge >= 0.3 is 0 Å². The highest BCUT2D eigenvalue weighted by atomic mass is 32.2. The maximum absolute atomic E-state index is 11.4. The molecule has 0 aliphatic carbocycles. The molecular formula is C9H11NO2S. The minimum absolute atomic E-state index is 0.281. The molecule has 4 heteroatoms. The largest absolute Gasteiger partial charge is 0.284 e. The minimum Gasteiger partial charge on any atom is -0.284 e. The van der Waals surface area contributed by atoms with E-state index in [1.54, 1.807) is 24.3 Å². The van der Waals surface area contributed by atoms with Crippen LogP contribution in [-0.4, -0.2) is 21.0 Å². The molecule has 1 aromatic carbocycles. The average Bonchev–Trinajstić information content (AvgIpc) is 2.05. The van der Waals surface area contributed by atoms with Gasteiger partial charge in [0, 0.05) is 7.05 Å². The number of nitrogens with zero attached hydrogens (tertiary/aromatic N) is 1. The van der Waals surface area contributed by atoms with Crippen molar-refractivity contribution in [3.8, 4) is 0 Å². The predicted octanol–water partition coefficient (Wildman–Crippen LogP) is 1.43. The van der Waals surface area contributed by atoms with Crippen molar-refractivity contribution in [1.29, 1.82) is 0 Å². The molecule has 0 aromatic heterocycles. The molecule has 3 nitrogen and oxygen atoms in total. The van der Waals surface area contributed by atoms with E-state index in [0.717, 1.165) is 11.1 Å². The van der Waals surface area contributed by atoms with Crippen LogP contribution >= 0.6 is 0 Å². The zero-order valence-electron chi connectivity index (χ0n) is 7.56. The van der Waals surface area contributed by atoms with Crippen LogP contribution in [0.5, 0.6) is 0 Å². The van der Waals surface area contributed by atoms with Gasteiger partial charge in [-0.1, -0.05) is 17.7 Å². The minimum atomic E-state index is -3.32. The number of sulfone groups is 1. The molecule has 0 amide bonds. The molecule has 0 aliphatic rings. The first-order valence-corrected chi connectivity index (χ1v) is 5.35. The van der Waals surface area contributed by atoms with Crippen molar-refractivity contribution in [2.75, 3.05) is 7.05 Å². The van der Waals surface area contributed by atoms with Crippen LogP contribution in [0.1, 0.15) is 5.56 Å². The van der Waals surface area contributed by atoms with Gasteiger partial charge < -0.3 is 0 Å². The summed E-state index contributed by atoms with van der Waals surface area (Å²) in [6.07, 6.45) is 0. The number of benzene rings is 1. The van der Waals surface area contributed by atoms with Crippen molar-refractivity contribution in [2.24, 2.45) is 4.99 Å². The van der Waals surface area contributed by atoms with Gasteiger partial charge in [0.15, 0.2) is 0 Å². The highest BCUT2D eigenvalue weighted by Crippen LogP contribution is 2.09. The van der Waals surface area contributed by atoms with Gasteiger partial charge in [0.05, 0.1) is 4.90 Å². The van der Waals surface area contributed by atoms with Gasteiger partial charge in [-0.15, -0.1) is 0 Å². The van der Waals surface area contributed by atoms with Crippen molar-refractivity contribution in [1.82, 2.24) is 0 Å². The highest BCUT2D eigenvalue weighted by molar-refractivity contribution is 8.04. The maximum Gasteiger partial charge on any atom is 0.216 e. The van der Waals surface area contributed by atoms with Gasteiger partial charge in [-0.2, -0.15) is 0 Å². The van der Waals surface area contributed by atoms with Crippen LogP contribution in [0.2, 0.25) is 0 Å². The Kier molecular flexibility index (Phi) is 2.83. The summed E-state index contributed by atoms with van der Waals surface area (Å²) in [7, 11) is -1.88. The SMILES string of the molecule is CN=CS(=O)(=O)c1ccc(C)cc1. The number of aryl methyl sites for hydroxylation is 1. The molecule has 0 N–H and O–H groups in total. The Balaban J connectivity index is 3.17. The van der Waals surface area contributed by atoms with E-state index >= 15 is 0 Å². The van der Waals surface area contributed by atoms with Crippen LogP contribution in [0.25, 0.3) is 0 Å². The summed E-state index contributed by atoms with van der Waals surface area (Å²) < 4.78 is 22.8. The second-order valence-corrected chi connectivity index (χ2v) is 4.49. The lowest BCUT2D eigenvalue weighted by molar-refractivity contribution is 0.608. The molecule has 0 aliphatic heterocycles. The van der Waals surface area contributed by atoms with Crippen molar-refractivity contribution in [3.05, 3.63) is 29.8 Å². The fourth-order valence-electron chi connectivity index (χ4n) is 0.928. The third-order valence-corrected chi connectivity index (χ3v) is 3.01. The summed E-state index contributed by atoms with van der Waals surface area (Å²) >= 11 is 0. The van der Waals surface area contributed by atoms with Crippen LogP contribution in [-0.2, 0) is 9.84 Å². The molecule has 1 aromatic rings. The summed E-state index contributed by atoms with van der Waals surface area (Å²) in [4.78, 5) is 3.77. The third kappa shape index (κ3) is 2.39.